The lowest BCUT2D eigenvalue weighted by atomic mass is 10.1. The first-order chi connectivity index (χ1) is 8.58. The maximum atomic E-state index is 9.35. The summed E-state index contributed by atoms with van der Waals surface area (Å²) in [5, 5.41) is 31.1. The lowest BCUT2D eigenvalue weighted by Gasteiger charge is -2.03. The first kappa shape index (κ1) is 13.0. The van der Waals surface area contributed by atoms with Gasteiger partial charge in [0.05, 0.1) is 10.6 Å². The van der Waals surface area contributed by atoms with E-state index in [0.717, 1.165) is 16.9 Å². The van der Waals surface area contributed by atoms with E-state index < -0.39 is 12.5 Å². The third-order valence-corrected chi connectivity index (χ3v) is 3.29. The molecule has 1 aromatic carbocycles. The van der Waals surface area contributed by atoms with Crippen molar-refractivity contribution in [3.63, 3.8) is 0 Å². The fourth-order valence-corrected chi connectivity index (χ4v) is 2.49. The molecule has 0 aliphatic rings. The van der Waals surface area contributed by atoms with Crippen LogP contribution in [0, 0.1) is 0 Å². The van der Waals surface area contributed by atoms with E-state index in [1.165, 1.54) is 0 Å². The Hall–Kier alpha value is -1.47. The summed E-state index contributed by atoms with van der Waals surface area (Å²) in [5.74, 6) is 0. The number of nitrogens with zero attached hydrogens (tertiary/aromatic N) is 1. The number of benzene rings is 1. The van der Waals surface area contributed by atoms with Gasteiger partial charge in [-0.2, -0.15) is 0 Å². The highest BCUT2D eigenvalue weighted by molar-refractivity contribution is 7.16. The van der Waals surface area contributed by atoms with Crippen LogP contribution in [-0.2, 0) is 0 Å². The molecule has 18 heavy (non-hydrogen) atoms. The monoisotopic (exact) mass is 266 g/mol. The van der Waals surface area contributed by atoms with Gasteiger partial charge in [0.1, 0.15) is 6.23 Å². The van der Waals surface area contributed by atoms with E-state index >= 15 is 0 Å². The highest BCUT2D eigenvalue weighted by Crippen LogP contribution is 2.34. The molecule has 1 aromatic heterocycles. The van der Waals surface area contributed by atoms with Crippen molar-refractivity contribution in [3.05, 3.63) is 35.2 Å². The van der Waals surface area contributed by atoms with E-state index in [0.29, 0.717) is 15.7 Å². The smallest absolute Gasteiger partial charge is 0.190 e. The molecule has 4 N–H and O–H groups in total. The van der Waals surface area contributed by atoms with Crippen molar-refractivity contribution in [1.29, 1.82) is 0 Å². The van der Waals surface area contributed by atoms with Gasteiger partial charge in [0, 0.05) is 5.56 Å². The molecule has 0 saturated heterocycles. The summed E-state index contributed by atoms with van der Waals surface area (Å²) in [6.45, 7) is 1.57. The fourth-order valence-electron chi connectivity index (χ4n) is 1.55. The standard InChI is InChI=1S/C12H14N2O3S/c1-7(15)13-12-14-9(10(18-12)11(16)17)8-5-3-2-4-6-8/h2-7,11,15-17H,1H3,(H,13,14)/t7-/m1/s1. The van der Waals surface area contributed by atoms with Gasteiger partial charge >= 0.3 is 0 Å². The minimum atomic E-state index is -1.58. The van der Waals surface area contributed by atoms with Crippen LogP contribution in [0.15, 0.2) is 30.3 Å². The number of aromatic nitrogens is 1. The predicted octanol–water partition coefficient (Wildman–Crippen LogP) is 1.54. The van der Waals surface area contributed by atoms with Crippen LogP contribution in [0.25, 0.3) is 11.3 Å². The molecule has 0 radical (unpaired) electrons. The zero-order valence-electron chi connectivity index (χ0n) is 9.74. The molecular weight excluding hydrogens is 252 g/mol. The van der Waals surface area contributed by atoms with E-state index in [1.54, 1.807) is 6.92 Å². The minimum Gasteiger partial charge on any atom is -0.374 e. The average molecular weight is 266 g/mol. The van der Waals surface area contributed by atoms with Gasteiger partial charge in [-0.05, 0) is 6.92 Å². The normalized spacial score (nSPS) is 12.7. The molecule has 0 amide bonds. The SMILES string of the molecule is C[C@@H](O)Nc1nc(-c2ccccc2)c(C(O)O)s1. The number of anilines is 1. The Morgan fingerprint density at radius 1 is 1.17 bits per heavy atom. The van der Waals surface area contributed by atoms with Crippen molar-refractivity contribution in [2.75, 3.05) is 5.32 Å². The average Bonchev–Trinajstić information content (AvgIpc) is 2.73. The lowest BCUT2D eigenvalue weighted by molar-refractivity contribution is -0.0392. The van der Waals surface area contributed by atoms with Crippen LogP contribution < -0.4 is 5.32 Å². The Balaban J connectivity index is 2.42. The number of rotatable bonds is 4. The number of nitrogens with one attached hydrogen (secondary N) is 1. The second-order valence-corrected chi connectivity index (χ2v) is 4.82. The highest BCUT2D eigenvalue weighted by Gasteiger charge is 2.18. The van der Waals surface area contributed by atoms with Crippen molar-refractivity contribution in [1.82, 2.24) is 4.98 Å². The largest absolute Gasteiger partial charge is 0.374 e. The molecule has 2 aromatic rings. The molecule has 0 fully saturated rings. The molecule has 96 valence electrons. The Labute approximate surface area is 108 Å². The predicted molar refractivity (Wildman–Crippen MR) is 70.0 cm³/mol. The molecule has 0 saturated carbocycles. The summed E-state index contributed by atoms with van der Waals surface area (Å²) >= 11 is 1.11. The topological polar surface area (TPSA) is 85.6 Å². The van der Waals surface area contributed by atoms with Crippen LogP contribution in [0.5, 0.6) is 0 Å². The first-order valence-corrected chi connectivity index (χ1v) is 6.26. The molecule has 0 spiro atoms. The summed E-state index contributed by atoms with van der Waals surface area (Å²) in [6, 6.07) is 9.26. The van der Waals surface area contributed by atoms with E-state index in [9.17, 15) is 15.3 Å². The molecule has 2 rings (SSSR count). The van der Waals surface area contributed by atoms with Gasteiger partial charge < -0.3 is 20.6 Å². The Morgan fingerprint density at radius 3 is 2.39 bits per heavy atom. The van der Waals surface area contributed by atoms with Crippen LogP contribution in [0.3, 0.4) is 0 Å². The van der Waals surface area contributed by atoms with Gasteiger partial charge in [-0.1, -0.05) is 41.7 Å². The van der Waals surface area contributed by atoms with Crippen LogP contribution in [0.2, 0.25) is 0 Å². The molecule has 5 nitrogen and oxygen atoms in total. The summed E-state index contributed by atoms with van der Waals surface area (Å²) in [5.41, 5.74) is 1.31. The second kappa shape index (κ2) is 5.45. The molecule has 0 aliphatic heterocycles. The third-order valence-electron chi connectivity index (χ3n) is 2.27. The van der Waals surface area contributed by atoms with Crippen molar-refractivity contribution in [2.24, 2.45) is 0 Å². The lowest BCUT2D eigenvalue weighted by Crippen LogP contribution is -2.12. The highest BCUT2D eigenvalue weighted by atomic mass is 32.1. The summed E-state index contributed by atoms with van der Waals surface area (Å²) in [7, 11) is 0. The molecule has 0 unspecified atom stereocenters. The molecule has 0 aliphatic carbocycles. The number of hydrogen-bond donors (Lipinski definition) is 4. The first-order valence-electron chi connectivity index (χ1n) is 5.45. The molecule has 6 heteroatoms. The van der Waals surface area contributed by atoms with Crippen LogP contribution in [0.4, 0.5) is 5.13 Å². The van der Waals surface area contributed by atoms with Gasteiger partial charge in [0.2, 0.25) is 0 Å². The van der Waals surface area contributed by atoms with Crippen LogP contribution >= 0.6 is 11.3 Å². The quantitative estimate of drug-likeness (QED) is 0.631. The molecule has 0 bridgehead atoms. The van der Waals surface area contributed by atoms with E-state index in [2.05, 4.69) is 10.3 Å². The second-order valence-electron chi connectivity index (χ2n) is 3.79. The maximum Gasteiger partial charge on any atom is 0.190 e. The fraction of sp³-hybridized carbons (Fsp3) is 0.250. The third kappa shape index (κ3) is 2.85. The molecule has 1 atom stereocenters. The number of aliphatic hydroxyl groups is 3. The van der Waals surface area contributed by atoms with Gasteiger partial charge in [-0.3, -0.25) is 0 Å². The number of aliphatic hydroxyl groups excluding tert-OH is 2. The van der Waals surface area contributed by atoms with E-state index in [-0.39, 0.29) is 0 Å². The molecular formula is C12H14N2O3S. The van der Waals surface area contributed by atoms with E-state index in [1.807, 2.05) is 30.3 Å². The minimum absolute atomic E-state index is 0.351. The Kier molecular flexibility index (Phi) is 3.93. The van der Waals surface area contributed by atoms with Gasteiger partial charge in [0.15, 0.2) is 11.4 Å². The Morgan fingerprint density at radius 2 is 1.83 bits per heavy atom. The van der Waals surface area contributed by atoms with Crippen molar-refractivity contribution in [2.45, 2.75) is 19.4 Å². The van der Waals surface area contributed by atoms with Crippen LogP contribution in [-0.4, -0.2) is 26.5 Å². The van der Waals surface area contributed by atoms with Gasteiger partial charge in [-0.15, -0.1) is 0 Å². The van der Waals surface area contributed by atoms with Crippen molar-refractivity contribution in [3.8, 4) is 11.3 Å². The zero-order valence-corrected chi connectivity index (χ0v) is 10.6. The number of thiazole rings is 1. The van der Waals surface area contributed by atoms with Gasteiger partial charge in [-0.25, -0.2) is 4.98 Å². The van der Waals surface area contributed by atoms with Crippen molar-refractivity contribution >= 4 is 16.5 Å². The summed E-state index contributed by atoms with van der Waals surface area (Å²) < 4.78 is 0. The number of hydrogen-bond acceptors (Lipinski definition) is 6. The summed E-state index contributed by atoms with van der Waals surface area (Å²) in [4.78, 5) is 4.62. The molecule has 1 heterocycles. The zero-order chi connectivity index (χ0) is 13.1. The van der Waals surface area contributed by atoms with Gasteiger partial charge in [0.25, 0.3) is 0 Å². The van der Waals surface area contributed by atoms with E-state index in [4.69, 9.17) is 0 Å². The van der Waals surface area contributed by atoms with Crippen molar-refractivity contribution < 1.29 is 15.3 Å². The summed E-state index contributed by atoms with van der Waals surface area (Å²) in [6.07, 6.45) is -2.33. The maximum absolute atomic E-state index is 9.35. The Bertz CT molecular complexity index is 511. The van der Waals surface area contributed by atoms with Crippen LogP contribution in [0.1, 0.15) is 18.1 Å².